The smallest absolute Gasteiger partial charge is 0.213 e. The summed E-state index contributed by atoms with van der Waals surface area (Å²) in [6.07, 6.45) is 0.921. The topological polar surface area (TPSA) is 63.6 Å². The minimum Gasteiger partial charge on any atom is -0.481 e. The van der Waals surface area contributed by atoms with Gasteiger partial charge >= 0.3 is 0 Å². The Morgan fingerprint density at radius 2 is 2.24 bits per heavy atom. The molecule has 0 fully saturated rings. The zero-order valence-electron chi connectivity index (χ0n) is 10.2. The second-order valence-corrected chi connectivity index (χ2v) is 3.54. The molecule has 0 atom stereocenters. The van der Waals surface area contributed by atoms with Gasteiger partial charge in [-0.2, -0.15) is 0 Å². The number of nitrogens with one attached hydrogen (secondary N) is 1. The van der Waals surface area contributed by atoms with Gasteiger partial charge in [0.15, 0.2) is 0 Å². The van der Waals surface area contributed by atoms with E-state index in [0.29, 0.717) is 19.1 Å². The summed E-state index contributed by atoms with van der Waals surface area (Å²) in [5.74, 6) is 0.635. The van der Waals surface area contributed by atoms with Gasteiger partial charge in [-0.3, -0.25) is 0 Å². The van der Waals surface area contributed by atoms with E-state index in [1.165, 1.54) is 0 Å². The van der Waals surface area contributed by atoms with Gasteiger partial charge in [0, 0.05) is 19.2 Å². The van der Waals surface area contributed by atoms with Crippen molar-refractivity contribution in [2.45, 2.75) is 13.0 Å². The van der Waals surface area contributed by atoms with Crippen LogP contribution in [0, 0.1) is 0 Å². The Morgan fingerprint density at radius 1 is 1.35 bits per heavy atom. The van der Waals surface area contributed by atoms with Gasteiger partial charge < -0.3 is 19.9 Å². The number of nitrogens with zero attached hydrogens (tertiary/aromatic N) is 1. The Morgan fingerprint density at radius 3 is 3.00 bits per heavy atom. The van der Waals surface area contributed by atoms with E-state index >= 15 is 0 Å². The fraction of sp³-hybridized carbons (Fsp3) is 0.583. The number of pyridine rings is 1. The zero-order chi connectivity index (χ0) is 12.3. The Bertz CT molecular complexity index is 308. The molecule has 5 nitrogen and oxygen atoms in total. The Hall–Kier alpha value is -1.17. The van der Waals surface area contributed by atoms with Gasteiger partial charge in [-0.1, -0.05) is 6.07 Å². The van der Waals surface area contributed by atoms with Gasteiger partial charge in [0.1, 0.15) is 0 Å². The molecule has 17 heavy (non-hydrogen) atoms. The quantitative estimate of drug-likeness (QED) is 0.618. The monoisotopic (exact) mass is 240 g/mol. The molecule has 0 aliphatic carbocycles. The normalized spacial score (nSPS) is 10.5. The van der Waals surface area contributed by atoms with Crippen molar-refractivity contribution in [2.24, 2.45) is 0 Å². The first-order chi connectivity index (χ1) is 8.36. The molecule has 1 heterocycles. The molecule has 0 aromatic carbocycles. The zero-order valence-corrected chi connectivity index (χ0v) is 10.2. The highest BCUT2D eigenvalue weighted by atomic mass is 16.5. The van der Waals surface area contributed by atoms with E-state index in [-0.39, 0.29) is 6.61 Å². The molecular formula is C12H20N2O3. The molecule has 0 spiro atoms. The largest absolute Gasteiger partial charge is 0.481 e. The third-order valence-electron chi connectivity index (χ3n) is 2.17. The number of aromatic nitrogens is 1. The summed E-state index contributed by atoms with van der Waals surface area (Å²) in [5, 5.41) is 11.8. The number of aliphatic hydroxyl groups excluding tert-OH is 1. The minimum atomic E-state index is 0.0845. The van der Waals surface area contributed by atoms with Crippen molar-refractivity contribution in [1.82, 2.24) is 10.3 Å². The van der Waals surface area contributed by atoms with Crippen molar-refractivity contribution >= 4 is 0 Å². The van der Waals surface area contributed by atoms with Gasteiger partial charge in [-0.15, -0.1) is 0 Å². The lowest BCUT2D eigenvalue weighted by atomic mass is 10.3. The van der Waals surface area contributed by atoms with Gasteiger partial charge in [0.05, 0.1) is 26.0 Å². The fourth-order valence-corrected chi connectivity index (χ4v) is 1.35. The third-order valence-corrected chi connectivity index (χ3v) is 2.17. The first-order valence-electron chi connectivity index (χ1n) is 5.76. The SMILES string of the molecule is COc1cccc(CNCCCOCCO)n1. The average molecular weight is 240 g/mol. The van der Waals surface area contributed by atoms with Gasteiger partial charge in [-0.05, 0) is 19.0 Å². The third kappa shape index (κ3) is 6.21. The van der Waals surface area contributed by atoms with E-state index in [0.717, 1.165) is 25.2 Å². The highest BCUT2D eigenvalue weighted by Crippen LogP contribution is 2.05. The van der Waals surface area contributed by atoms with E-state index in [9.17, 15) is 0 Å². The van der Waals surface area contributed by atoms with Gasteiger partial charge in [0.2, 0.25) is 5.88 Å². The first-order valence-corrected chi connectivity index (χ1v) is 5.76. The van der Waals surface area contributed by atoms with Crippen molar-refractivity contribution in [3.8, 4) is 5.88 Å². The van der Waals surface area contributed by atoms with Crippen LogP contribution in [0.5, 0.6) is 5.88 Å². The molecule has 0 radical (unpaired) electrons. The van der Waals surface area contributed by atoms with E-state index in [2.05, 4.69) is 10.3 Å². The molecule has 0 saturated heterocycles. The van der Waals surface area contributed by atoms with Crippen LogP contribution >= 0.6 is 0 Å². The summed E-state index contributed by atoms with van der Waals surface area (Å²) < 4.78 is 10.2. The van der Waals surface area contributed by atoms with Crippen LogP contribution in [-0.2, 0) is 11.3 Å². The van der Waals surface area contributed by atoms with E-state index in [4.69, 9.17) is 14.6 Å². The molecular weight excluding hydrogens is 220 g/mol. The molecule has 2 N–H and O–H groups in total. The standard InChI is InChI=1S/C12H20N2O3/c1-16-12-5-2-4-11(14-12)10-13-6-3-8-17-9-7-15/h2,4-5,13,15H,3,6-10H2,1H3. The second kappa shape index (κ2) is 8.92. The fourth-order valence-electron chi connectivity index (χ4n) is 1.35. The van der Waals surface area contributed by atoms with Crippen molar-refractivity contribution < 1.29 is 14.6 Å². The van der Waals surface area contributed by atoms with Crippen molar-refractivity contribution in [3.05, 3.63) is 23.9 Å². The molecule has 1 rings (SSSR count). The number of hydrogen-bond acceptors (Lipinski definition) is 5. The summed E-state index contributed by atoms with van der Waals surface area (Å²) in [4.78, 5) is 4.29. The maximum absolute atomic E-state index is 8.51. The predicted octanol–water partition coefficient (Wildman–Crippen LogP) is 0.579. The first kappa shape index (κ1) is 13.9. The maximum Gasteiger partial charge on any atom is 0.213 e. The molecule has 1 aromatic heterocycles. The lowest BCUT2D eigenvalue weighted by Crippen LogP contribution is -2.17. The molecule has 0 saturated carbocycles. The van der Waals surface area contributed by atoms with Crippen LogP contribution in [0.1, 0.15) is 12.1 Å². The Labute approximate surface area is 102 Å². The van der Waals surface area contributed by atoms with Crippen molar-refractivity contribution in [3.63, 3.8) is 0 Å². The summed E-state index contributed by atoms with van der Waals surface area (Å²) >= 11 is 0. The van der Waals surface area contributed by atoms with Crippen LogP contribution in [-0.4, -0.2) is 43.6 Å². The number of methoxy groups -OCH3 is 1. The highest BCUT2D eigenvalue weighted by molar-refractivity contribution is 5.15. The van der Waals surface area contributed by atoms with Crippen molar-refractivity contribution in [2.75, 3.05) is 33.5 Å². The van der Waals surface area contributed by atoms with E-state index in [1.807, 2.05) is 18.2 Å². The van der Waals surface area contributed by atoms with Crippen molar-refractivity contribution in [1.29, 1.82) is 0 Å². The lowest BCUT2D eigenvalue weighted by molar-refractivity contribution is 0.0907. The number of aliphatic hydroxyl groups is 1. The van der Waals surface area contributed by atoms with E-state index in [1.54, 1.807) is 7.11 Å². The van der Waals surface area contributed by atoms with Crippen LogP contribution in [0.2, 0.25) is 0 Å². The number of rotatable bonds is 9. The minimum absolute atomic E-state index is 0.0845. The number of hydrogen-bond donors (Lipinski definition) is 2. The highest BCUT2D eigenvalue weighted by Gasteiger charge is 1.96. The van der Waals surface area contributed by atoms with Gasteiger partial charge in [-0.25, -0.2) is 4.98 Å². The van der Waals surface area contributed by atoms with Crippen LogP contribution in [0.3, 0.4) is 0 Å². The molecule has 0 bridgehead atoms. The summed E-state index contributed by atoms with van der Waals surface area (Å²) in [5.41, 5.74) is 0.959. The molecule has 1 aromatic rings. The molecule has 5 heteroatoms. The Balaban J connectivity index is 2.09. The number of ether oxygens (including phenoxy) is 2. The average Bonchev–Trinajstić information content (AvgIpc) is 2.38. The molecule has 0 aliphatic heterocycles. The van der Waals surface area contributed by atoms with Crippen LogP contribution < -0.4 is 10.1 Å². The second-order valence-electron chi connectivity index (χ2n) is 3.54. The molecule has 96 valence electrons. The molecule has 0 aliphatic rings. The maximum atomic E-state index is 8.51. The summed E-state index contributed by atoms with van der Waals surface area (Å²) in [7, 11) is 1.61. The predicted molar refractivity (Wildman–Crippen MR) is 65.0 cm³/mol. The molecule has 0 amide bonds. The Kier molecular flexibility index (Phi) is 7.29. The van der Waals surface area contributed by atoms with Crippen LogP contribution in [0.4, 0.5) is 0 Å². The van der Waals surface area contributed by atoms with Crippen LogP contribution in [0.15, 0.2) is 18.2 Å². The van der Waals surface area contributed by atoms with Crippen LogP contribution in [0.25, 0.3) is 0 Å². The van der Waals surface area contributed by atoms with E-state index < -0.39 is 0 Å². The lowest BCUT2D eigenvalue weighted by Gasteiger charge is -2.06. The summed E-state index contributed by atoms with van der Waals surface area (Å²) in [6.45, 7) is 2.75. The van der Waals surface area contributed by atoms with Gasteiger partial charge in [0.25, 0.3) is 0 Å². The molecule has 0 unspecified atom stereocenters. The summed E-state index contributed by atoms with van der Waals surface area (Å²) in [6, 6.07) is 5.71.